The van der Waals surface area contributed by atoms with E-state index in [4.69, 9.17) is 4.74 Å². The molecule has 2 rings (SSSR count). The summed E-state index contributed by atoms with van der Waals surface area (Å²) in [5.41, 5.74) is 0.777. The minimum atomic E-state index is -4.53. The van der Waals surface area contributed by atoms with Crippen LogP contribution < -0.4 is 10.1 Å². The third-order valence-corrected chi connectivity index (χ3v) is 3.07. The van der Waals surface area contributed by atoms with Crippen molar-refractivity contribution in [3.63, 3.8) is 0 Å². The molecule has 0 atom stereocenters. The zero-order chi connectivity index (χ0) is 17.0. The Morgan fingerprint density at radius 2 is 1.70 bits per heavy atom. The maximum Gasteiger partial charge on any atom is 0.418 e. The van der Waals surface area contributed by atoms with Crippen molar-refractivity contribution in [2.24, 2.45) is 0 Å². The van der Waals surface area contributed by atoms with Crippen molar-refractivity contribution >= 4 is 11.6 Å². The predicted octanol–water partition coefficient (Wildman–Crippen LogP) is 4.34. The standard InChI is InChI=1S/C17H16F3NO2/c1-11-7-12(2)9-13(8-11)23-10-16(22)21-15-6-4-3-5-14(15)17(18,19)20/h3-9H,10H2,1-2H3,(H,21,22). The molecule has 0 aliphatic carbocycles. The Morgan fingerprint density at radius 3 is 2.30 bits per heavy atom. The lowest BCUT2D eigenvalue weighted by molar-refractivity contribution is -0.137. The van der Waals surface area contributed by atoms with Crippen molar-refractivity contribution in [1.82, 2.24) is 0 Å². The van der Waals surface area contributed by atoms with Crippen LogP contribution in [-0.4, -0.2) is 12.5 Å². The molecule has 0 spiro atoms. The Morgan fingerprint density at radius 1 is 1.09 bits per heavy atom. The number of carbonyl (C=O) groups excluding carboxylic acids is 1. The third kappa shape index (κ3) is 4.74. The lowest BCUT2D eigenvalue weighted by atomic mass is 10.1. The van der Waals surface area contributed by atoms with Crippen molar-refractivity contribution in [3.8, 4) is 5.75 Å². The fraction of sp³-hybridized carbons (Fsp3) is 0.235. The Balaban J connectivity index is 2.03. The second-order valence-corrected chi connectivity index (χ2v) is 5.20. The van der Waals surface area contributed by atoms with E-state index in [0.29, 0.717) is 5.75 Å². The van der Waals surface area contributed by atoms with E-state index in [0.717, 1.165) is 17.2 Å². The molecule has 0 bridgehead atoms. The molecular weight excluding hydrogens is 307 g/mol. The van der Waals surface area contributed by atoms with Crippen molar-refractivity contribution in [2.45, 2.75) is 20.0 Å². The SMILES string of the molecule is Cc1cc(C)cc(OCC(=O)Nc2ccccc2C(F)(F)F)c1. The van der Waals surface area contributed by atoms with Gasteiger partial charge in [-0.1, -0.05) is 18.2 Å². The summed E-state index contributed by atoms with van der Waals surface area (Å²) in [6.07, 6.45) is -4.53. The fourth-order valence-corrected chi connectivity index (χ4v) is 2.19. The molecule has 1 N–H and O–H groups in total. The van der Waals surface area contributed by atoms with Crippen LogP contribution in [0.1, 0.15) is 16.7 Å². The first-order valence-electron chi connectivity index (χ1n) is 6.93. The number of benzene rings is 2. The molecule has 122 valence electrons. The van der Waals surface area contributed by atoms with Gasteiger partial charge in [0.25, 0.3) is 5.91 Å². The molecule has 0 saturated carbocycles. The average Bonchev–Trinajstić information content (AvgIpc) is 2.43. The second-order valence-electron chi connectivity index (χ2n) is 5.20. The molecule has 2 aromatic rings. The zero-order valence-electron chi connectivity index (χ0n) is 12.7. The number of nitrogens with one attached hydrogen (secondary N) is 1. The minimum absolute atomic E-state index is 0.283. The molecule has 2 aromatic carbocycles. The Kier molecular flexibility index (Phi) is 4.93. The number of amides is 1. The number of rotatable bonds is 4. The van der Waals surface area contributed by atoms with E-state index in [1.807, 2.05) is 19.9 Å². The summed E-state index contributed by atoms with van der Waals surface area (Å²) in [6, 6.07) is 10.3. The number of carbonyl (C=O) groups is 1. The summed E-state index contributed by atoms with van der Waals surface area (Å²) in [7, 11) is 0. The second kappa shape index (κ2) is 6.73. The van der Waals surface area contributed by atoms with E-state index < -0.39 is 17.6 Å². The molecule has 0 aliphatic heterocycles. The summed E-state index contributed by atoms with van der Waals surface area (Å²) in [5, 5.41) is 2.23. The molecule has 0 radical (unpaired) electrons. The quantitative estimate of drug-likeness (QED) is 0.909. The van der Waals surface area contributed by atoms with Crippen LogP contribution in [0.25, 0.3) is 0 Å². The zero-order valence-corrected chi connectivity index (χ0v) is 12.7. The highest BCUT2D eigenvalue weighted by atomic mass is 19.4. The van der Waals surface area contributed by atoms with Crippen LogP contribution in [0.3, 0.4) is 0 Å². The summed E-state index contributed by atoms with van der Waals surface area (Å²) in [5.74, 6) is -0.150. The predicted molar refractivity (Wildman–Crippen MR) is 81.5 cm³/mol. The third-order valence-electron chi connectivity index (χ3n) is 3.07. The molecule has 0 fully saturated rings. The smallest absolute Gasteiger partial charge is 0.418 e. The molecule has 23 heavy (non-hydrogen) atoms. The van der Waals surface area contributed by atoms with E-state index in [9.17, 15) is 18.0 Å². The first kappa shape index (κ1) is 16.9. The van der Waals surface area contributed by atoms with Crippen molar-refractivity contribution in [1.29, 1.82) is 0 Å². The van der Waals surface area contributed by atoms with Crippen LogP contribution in [0, 0.1) is 13.8 Å². The maximum atomic E-state index is 12.9. The first-order chi connectivity index (χ1) is 10.8. The summed E-state index contributed by atoms with van der Waals surface area (Å²) >= 11 is 0. The van der Waals surface area contributed by atoms with Gasteiger partial charge in [0.2, 0.25) is 0 Å². The van der Waals surface area contributed by atoms with Gasteiger partial charge in [0, 0.05) is 0 Å². The maximum absolute atomic E-state index is 12.9. The molecule has 0 aliphatic rings. The number of anilines is 1. The highest BCUT2D eigenvalue weighted by Crippen LogP contribution is 2.34. The van der Waals surface area contributed by atoms with Crippen molar-refractivity contribution in [2.75, 3.05) is 11.9 Å². The monoisotopic (exact) mass is 323 g/mol. The fourth-order valence-electron chi connectivity index (χ4n) is 2.19. The largest absolute Gasteiger partial charge is 0.484 e. The van der Waals surface area contributed by atoms with Gasteiger partial charge in [0.1, 0.15) is 5.75 Å². The normalized spacial score (nSPS) is 11.2. The number of hydrogen-bond acceptors (Lipinski definition) is 2. The van der Waals surface area contributed by atoms with Gasteiger partial charge in [0.15, 0.2) is 6.61 Å². The molecule has 0 heterocycles. The molecule has 0 aromatic heterocycles. The molecule has 3 nitrogen and oxygen atoms in total. The van der Waals surface area contributed by atoms with Gasteiger partial charge in [-0.2, -0.15) is 13.2 Å². The Bertz CT molecular complexity index is 691. The summed E-state index contributed by atoms with van der Waals surface area (Å²) in [6.45, 7) is 3.41. The minimum Gasteiger partial charge on any atom is -0.484 e. The van der Waals surface area contributed by atoms with Gasteiger partial charge in [-0.15, -0.1) is 0 Å². The average molecular weight is 323 g/mol. The van der Waals surface area contributed by atoms with Crippen LogP contribution in [-0.2, 0) is 11.0 Å². The van der Waals surface area contributed by atoms with E-state index in [1.165, 1.54) is 18.2 Å². The highest BCUT2D eigenvalue weighted by Gasteiger charge is 2.33. The van der Waals surface area contributed by atoms with Gasteiger partial charge in [-0.05, 0) is 49.2 Å². The van der Waals surface area contributed by atoms with Gasteiger partial charge >= 0.3 is 6.18 Å². The van der Waals surface area contributed by atoms with Crippen LogP contribution in [0.4, 0.5) is 18.9 Å². The van der Waals surface area contributed by atoms with Crippen LogP contribution in [0.5, 0.6) is 5.75 Å². The molecule has 1 amide bonds. The van der Waals surface area contributed by atoms with Crippen LogP contribution >= 0.6 is 0 Å². The lowest BCUT2D eigenvalue weighted by Crippen LogP contribution is -2.22. The molecular formula is C17H16F3NO2. The number of para-hydroxylation sites is 1. The molecule has 0 saturated heterocycles. The number of alkyl halides is 3. The van der Waals surface area contributed by atoms with Gasteiger partial charge < -0.3 is 10.1 Å². The topological polar surface area (TPSA) is 38.3 Å². The van der Waals surface area contributed by atoms with Gasteiger partial charge in [-0.3, -0.25) is 4.79 Å². The van der Waals surface area contributed by atoms with E-state index >= 15 is 0 Å². The van der Waals surface area contributed by atoms with Gasteiger partial charge in [-0.25, -0.2) is 0 Å². The van der Waals surface area contributed by atoms with Crippen molar-refractivity contribution in [3.05, 3.63) is 59.2 Å². The summed E-state index contributed by atoms with van der Waals surface area (Å²) < 4.78 is 43.9. The highest BCUT2D eigenvalue weighted by molar-refractivity contribution is 5.92. The van der Waals surface area contributed by atoms with Crippen molar-refractivity contribution < 1.29 is 22.7 Å². The number of hydrogen-bond donors (Lipinski definition) is 1. The summed E-state index contributed by atoms with van der Waals surface area (Å²) in [4.78, 5) is 11.8. The van der Waals surface area contributed by atoms with Crippen LogP contribution in [0.15, 0.2) is 42.5 Å². The first-order valence-corrected chi connectivity index (χ1v) is 6.93. The number of aryl methyl sites for hydroxylation is 2. The van der Waals surface area contributed by atoms with E-state index in [2.05, 4.69) is 5.32 Å². The number of ether oxygens (including phenoxy) is 1. The lowest BCUT2D eigenvalue weighted by Gasteiger charge is -2.14. The van der Waals surface area contributed by atoms with Gasteiger partial charge in [0.05, 0.1) is 11.3 Å². The molecule has 6 heteroatoms. The molecule has 0 unspecified atom stereocenters. The Hall–Kier alpha value is -2.50. The number of halogens is 3. The van der Waals surface area contributed by atoms with E-state index in [-0.39, 0.29) is 12.3 Å². The van der Waals surface area contributed by atoms with Crippen LogP contribution in [0.2, 0.25) is 0 Å². The van der Waals surface area contributed by atoms with E-state index in [1.54, 1.807) is 12.1 Å². The Labute approximate surface area is 132 Å².